The van der Waals surface area contributed by atoms with Crippen molar-refractivity contribution in [2.24, 2.45) is 7.05 Å². The van der Waals surface area contributed by atoms with E-state index in [0.29, 0.717) is 20.6 Å². The molecule has 2 aromatic heterocycles. The molecule has 5 nitrogen and oxygen atoms in total. The second-order valence-electron chi connectivity index (χ2n) is 6.40. The Morgan fingerprint density at radius 2 is 1.79 bits per heavy atom. The highest BCUT2D eigenvalue weighted by Crippen LogP contribution is 2.37. The summed E-state index contributed by atoms with van der Waals surface area (Å²) in [6, 6.07) is 11.4. The molecule has 1 aliphatic heterocycles. The Kier molecular flexibility index (Phi) is 4.86. The lowest BCUT2D eigenvalue weighted by molar-refractivity contribution is -0.113. The summed E-state index contributed by atoms with van der Waals surface area (Å²) in [6.45, 7) is 3.82. The van der Waals surface area contributed by atoms with Crippen LogP contribution in [0.5, 0.6) is 0 Å². The first kappa shape index (κ1) is 18.9. The molecule has 0 spiro atoms. The maximum Gasteiger partial charge on any atom is 0.296 e. The van der Waals surface area contributed by atoms with E-state index in [-0.39, 0.29) is 11.5 Å². The van der Waals surface area contributed by atoms with E-state index in [2.05, 4.69) is 0 Å². The van der Waals surface area contributed by atoms with E-state index in [1.165, 1.54) is 16.7 Å². The molecule has 0 radical (unpaired) electrons. The summed E-state index contributed by atoms with van der Waals surface area (Å²) >= 11 is 8.27. The first-order valence-electron chi connectivity index (χ1n) is 8.56. The number of nitrogens with zero attached hydrogens (tertiary/aromatic N) is 3. The molecule has 0 bridgehead atoms. The number of thioether (sulfide) groups is 1. The highest BCUT2D eigenvalue weighted by Gasteiger charge is 2.37. The lowest BCUT2D eigenvalue weighted by Crippen LogP contribution is -2.33. The lowest BCUT2D eigenvalue weighted by Gasteiger charge is -2.12. The van der Waals surface area contributed by atoms with Crippen molar-refractivity contribution in [1.29, 1.82) is 0 Å². The molecule has 0 unspecified atom stereocenters. The molecule has 142 valence electrons. The van der Waals surface area contributed by atoms with Crippen molar-refractivity contribution in [3.05, 3.63) is 73.2 Å². The zero-order valence-corrected chi connectivity index (χ0v) is 18.0. The molecule has 0 N–H and O–H groups in total. The van der Waals surface area contributed by atoms with Crippen molar-refractivity contribution >= 4 is 57.3 Å². The zero-order chi connectivity index (χ0) is 20.0. The number of amides is 1. The van der Waals surface area contributed by atoms with Crippen molar-refractivity contribution in [1.82, 2.24) is 9.36 Å². The molecule has 1 aliphatic rings. The lowest BCUT2D eigenvalue weighted by atomic mass is 10.2. The van der Waals surface area contributed by atoms with E-state index in [1.54, 1.807) is 27.7 Å². The molecule has 8 heteroatoms. The number of aromatic nitrogens is 2. The van der Waals surface area contributed by atoms with Crippen LogP contribution in [-0.4, -0.2) is 19.6 Å². The molecule has 1 fully saturated rings. The second kappa shape index (κ2) is 7.20. The van der Waals surface area contributed by atoms with E-state index in [9.17, 15) is 9.59 Å². The molecule has 0 aliphatic carbocycles. The van der Waals surface area contributed by atoms with Gasteiger partial charge in [0, 0.05) is 11.9 Å². The van der Waals surface area contributed by atoms with Gasteiger partial charge in [0.05, 0.1) is 16.3 Å². The summed E-state index contributed by atoms with van der Waals surface area (Å²) in [5, 5.41) is 1.99. The van der Waals surface area contributed by atoms with Crippen LogP contribution >= 0.6 is 35.3 Å². The van der Waals surface area contributed by atoms with Crippen molar-refractivity contribution in [3.63, 3.8) is 0 Å². The highest BCUT2D eigenvalue weighted by molar-refractivity contribution is 8.27. The number of hydrogen-bond acceptors (Lipinski definition) is 5. The topological polar surface area (TPSA) is 47.2 Å². The van der Waals surface area contributed by atoms with Crippen LogP contribution in [0.15, 0.2) is 51.5 Å². The largest absolute Gasteiger partial charge is 0.296 e. The van der Waals surface area contributed by atoms with E-state index in [0.717, 1.165) is 16.1 Å². The predicted molar refractivity (Wildman–Crippen MR) is 120 cm³/mol. The van der Waals surface area contributed by atoms with Gasteiger partial charge in [-0.05, 0) is 49.1 Å². The SMILES string of the molecule is Cc1ccsc1/C=C1\SC(=S)N(c2c(C)n(C)n(-c3ccccc3)c2=O)C1=O. The first-order chi connectivity index (χ1) is 13.4. The Morgan fingerprint density at radius 3 is 2.43 bits per heavy atom. The molecule has 0 saturated carbocycles. The number of benzene rings is 1. The molecule has 1 aromatic carbocycles. The summed E-state index contributed by atoms with van der Waals surface area (Å²) in [6.07, 6.45) is 1.85. The summed E-state index contributed by atoms with van der Waals surface area (Å²) in [4.78, 5) is 29.3. The molecule has 0 atom stereocenters. The van der Waals surface area contributed by atoms with Crippen LogP contribution in [0.1, 0.15) is 16.1 Å². The van der Waals surface area contributed by atoms with Gasteiger partial charge in [-0.2, -0.15) is 0 Å². The van der Waals surface area contributed by atoms with Gasteiger partial charge in [0.25, 0.3) is 11.5 Å². The molecular weight excluding hydrogens is 410 g/mol. The van der Waals surface area contributed by atoms with Gasteiger partial charge in [-0.1, -0.05) is 42.2 Å². The number of rotatable bonds is 3. The van der Waals surface area contributed by atoms with Crippen LogP contribution in [0.2, 0.25) is 0 Å². The molecule has 3 aromatic rings. The van der Waals surface area contributed by atoms with Gasteiger partial charge in [-0.3, -0.25) is 19.2 Å². The van der Waals surface area contributed by atoms with Crippen LogP contribution in [0, 0.1) is 13.8 Å². The van der Waals surface area contributed by atoms with E-state index in [4.69, 9.17) is 12.2 Å². The third-order valence-corrected chi connectivity index (χ3v) is 6.97. The number of para-hydroxylation sites is 1. The van der Waals surface area contributed by atoms with Crippen LogP contribution in [-0.2, 0) is 11.8 Å². The Labute approximate surface area is 175 Å². The summed E-state index contributed by atoms with van der Waals surface area (Å²) in [5.41, 5.74) is 2.56. The molecule has 28 heavy (non-hydrogen) atoms. The number of anilines is 1. The van der Waals surface area contributed by atoms with Gasteiger partial charge < -0.3 is 0 Å². The van der Waals surface area contributed by atoms with Gasteiger partial charge >= 0.3 is 0 Å². The average molecular weight is 428 g/mol. The Balaban J connectivity index is 1.81. The quantitative estimate of drug-likeness (QED) is 0.463. The minimum Gasteiger partial charge on any atom is -0.283 e. The van der Waals surface area contributed by atoms with Crippen LogP contribution in [0.25, 0.3) is 11.8 Å². The average Bonchev–Trinajstić information content (AvgIpc) is 3.27. The van der Waals surface area contributed by atoms with Crippen molar-refractivity contribution in [3.8, 4) is 5.69 Å². The number of hydrogen-bond donors (Lipinski definition) is 0. The zero-order valence-electron chi connectivity index (χ0n) is 15.5. The number of thiophene rings is 1. The Hall–Kier alpha value is -2.42. The van der Waals surface area contributed by atoms with Crippen molar-refractivity contribution in [2.45, 2.75) is 13.8 Å². The minimum absolute atomic E-state index is 0.256. The third kappa shape index (κ3) is 2.97. The molecule has 1 saturated heterocycles. The number of carbonyl (C=O) groups is 1. The monoisotopic (exact) mass is 427 g/mol. The minimum atomic E-state index is -0.268. The smallest absolute Gasteiger partial charge is 0.283 e. The fourth-order valence-corrected chi connectivity index (χ4v) is 5.31. The van der Waals surface area contributed by atoms with Crippen LogP contribution < -0.4 is 10.5 Å². The molecule has 1 amide bonds. The second-order valence-corrected chi connectivity index (χ2v) is 9.02. The van der Waals surface area contributed by atoms with E-state index in [1.807, 2.05) is 61.7 Å². The Morgan fingerprint density at radius 1 is 1.07 bits per heavy atom. The summed E-state index contributed by atoms with van der Waals surface area (Å²) in [5.74, 6) is -0.256. The number of thiocarbonyl (C=S) groups is 1. The van der Waals surface area contributed by atoms with Crippen LogP contribution in [0.4, 0.5) is 5.69 Å². The van der Waals surface area contributed by atoms with Crippen LogP contribution in [0.3, 0.4) is 0 Å². The first-order valence-corrected chi connectivity index (χ1v) is 10.7. The summed E-state index contributed by atoms with van der Waals surface area (Å²) < 4.78 is 3.67. The maximum absolute atomic E-state index is 13.2. The molecular formula is C20H17N3O2S3. The number of carbonyl (C=O) groups excluding carboxylic acids is 1. The van der Waals surface area contributed by atoms with Gasteiger partial charge in [0.1, 0.15) is 5.69 Å². The van der Waals surface area contributed by atoms with Gasteiger partial charge in [0.15, 0.2) is 4.32 Å². The number of aryl methyl sites for hydroxylation is 1. The standard InChI is InChI=1S/C20H17N3O2S3/c1-12-9-10-27-15(12)11-16-18(24)22(20(26)28-16)17-13(2)21(3)23(19(17)25)14-7-5-4-6-8-14/h4-11H,1-3H3/b16-11-. The van der Waals surface area contributed by atoms with Gasteiger partial charge in [0.2, 0.25) is 0 Å². The van der Waals surface area contributed by atoms with Crippen molar-refractivity contribution in [2.75, 3.05) is 4.90 Å². The fourth-order valence-electron chi connectivity index (χ4n) is 3.12. The van der Waals surface area contributed by atoms with Gasteiger partial charge in [-0.25, -0.2) is 4.68 Å². The Bertz CT molecular complexity index is 1190. The van der Waals surface area contributed by atoms with E-state index >= 15 is 0 Å². The van der Waals surface area contributed by atoms with Crippen molar-refractivity contribution < 1.29 is 4.79 Å². The third-order valence-electron chi connectivity index (χ3n) is 4.71. The summed E-state index contributed by atoms with van der Waals surface area (Å²) in [7, 11) is 1.80. The predicted octanol–water partition coefficient (Wildman–Crippen LogP) is 4.26. The fraction of sp³-hybridized carbons (Fsp3) is 0.150. The highest BCUT2D eigenvalue weighted by atomic mass is 32.2. The maximum atomic E-state index is 13.2. The molecule has 4 rings (SSSR count). The normalized spacial score (nSPS) is 15.8. The molecule has 3 heterocycles. The van der Waals surface area contributed by atoms with E-state index < -0.39 is 0 Å². The van der Waals surface area contributed by atoms with Gasteiger partial charge in [-0.15, -0.1) is 11.3 Å².